The van der Waals surface area contributed by atoms with E-state index in [9.17, 15) is 9.18 Å². The predicted octanol–water partition coefficient (Wildman–Crippen LogP) is 2.96. The third-order valence-electron chi connectivity index (χ3n) is 3.95. The number of benzene rings is 2. The molecule has 1 heterocycles. The van der Waals surface area contributed by atoms with Gasteiger partial charge in [-0.3, -0.25) is 4.79 Å². The summed E-state index contributed by atoms with van der Waals surface area (Å²) in [4.78, 5) is 12.4. The Kier molecular flexibility index (Phi) is 5.91. The number of carbonyl (C=O) groups excluding carboxylic acids is 1. The summed E-state index contributed by atoms with van der Waals surface area (Å²) in [5, 5.41) is 14.6. The monoisotopic (exact) mass is 373 g/mol. The maximum atomic E-state index is 13.2. The van der Waals surface area contributed by atoms with Crippen LogP contribution in [0.2, 0.25) is 5.02 Å². The van der Waals surface area contributed by atoms with Crippen LogP contribution in [0.4, 0.5) is 4.39 Å². The number of carbonyl (C=O) groups is 1. The molecule has 2 aromatic carbocycles. The lowest BCUT2D eigenvalue weighted by Crippen LogP contribution is -2.26. The van der Waals surface area contributed by atoms with Crippen molar-refractivity contribution in [1.82, 2.24) is 25.5 Å². The molecule has 1 amide bonds. The summed E-state index contributed by atoms with van der Waals surface area (Å²) in [6.07, 6.45) is 1.75. The van der Waals surface area contributed by atoms with Gasteiger partial charge >= 0.3 is 0 Å². The first kappa shape index (κ1) is 18.0. The molecule has 0 bridgehead atoms. The molecule has 1 unspecified atom stereocenters. The quantitative estimate of drug-likeness (QED) is 0.691. The van der Waals surface area contributed by atoms with E-state index in [0.29, 0.717) is 17.1 Å². The van der Waals surface area contributed by atoms with Crippen LogP contribution in [0.1, 0.15) is 23.5 Å². The largest absolute Gasteiger partial charge is 0.352 e. The summed E-state index contributed by atoms with van der Waals surface area (Å²) in [6.45, 7) is 0.733. The molecular weight excluding hydrogens is 357 g/mol. The van der Waals surface area contributed by atoms with Gasteiger partial charge in [-0.2, -0.15) is 0 Å². The van der Waals surface area contributed by atoms with Crippen molar-refractivity contribution in [3.8, 4) is 0 Å². The van der Waals surface area contributed by atoms with E-state index in [0.717, 1.165) is 5.56 Å². The Morgan fingerprint density at radius 3 is 2.73 bits per heavy atom. The van der Waals surface area contributed by atoms with E-state index < -0.39 is 0 Å². The first-order valence-corrected chi connectivity index (χ1v) is 8.45. The molecule has 0 saturated carbocycles. The van der Waals surface area contributed by atoms with Gasteiger partial charge in [-0.25, -0.2) is 9.07 Å². The third kappa shape index (κ3) is 5.10. The van der Waals surface area contributed by atoms with Crippen LogP contribution in [0.5, 0.6) is 0 Å². The molecule has 3 aromatic rings. The van der Waals surface area contributed by atoms with Crippen LogP contribution in [0, 0.1) is 5.82 Å². The second-order valence-corrected chi connectivity index (χ2v) is 6.33. The molecule has 3 rings (SSSR count). The number of nitrogens with one attached hydrogen (secondary N) is 1. The molecule has 0 aliphatic rings. The molecule has 0 aliphatic carbocycles. The number of tetrazole rings is 1. The fourth-order valence-electron chi connectivity index (χ4n) is 2.66. The fourth-order valence-corrected chi connectivity index (χ4v) is 2.78. The summed E-state index contributed by atoms with van der Waals surface area (Å²) < 4.78 is 14.8. The molecule has 6 nitrogen and oxygen atoms in total. The van der Waals surface area contributed by atoms with Crippen molar-refractivity contribution >= 4 is 17.5 Å². The number of aromatic nitrogens is 4. The highest BCUT2D eigenvalue weighted by atomic mass is 35.5. The number of rotatable bonds is 7. The standard InChI is InChI=1S/C18H17ClFN5O/c19-16-6-4-14(5-7-16)15(11-25-12-22-23-24-25)9-18(26)21-10-13-2-1-3-17(20)8-13/h1-8,12,15H,9-11H2,(H,21,26). The lowest BCUT2D eigenvalue weighted by molar-refractivity contribution is -0.121. The van der Waals surface area contributed by atoms with E-state index in [2.05, 4.69) is 20.8 Å². The van der Waals surface area contributed by atoms with Gasteiger partial charge in [0.15, 0.2) is 0 Å². The van der Waals surface area contributed by atoms with E-state index in [-0.39, 0.29) is 30.6 Å². The average molecular weight is 374 g/mol. The third-order valence-corrected chi connectivity index (χ3v) is 4.20. The van der Waals surface area contributed by atoms with E-state index in [1.165, 1.54) is 18.5 Å². The Hall–Kier alpha value is -2.80. The number of hydrogen-bond donors (Lipinski definition) is 1. The van der Waals surface area contributed by atoms with Gasteiger partial charge in [-0.15, -0.1) is 5.10 Å². The van der Waals surface area contributed by atoms with Crippen molar-refractivity contribution < 1.29 is 9.18 Å². The van der Waals surface area contributed by atoms with Crippen LogP contribution < -0.4 is 5.32 Å². The first-order valence-electron chi connectivity index (χ1n) is 8.07. The number of halogens is 2. The van der Waals surface area contributed by atoms with Gasteiger partial charge in [0.25, 0.3) is 0 Å². The molecule has 0 radical (unpaired) electrons. The summed E-state index contributed by atoms with van der Waals surface area (Å²) >= 11 is 5.95. The van der Waals surface area contributed by atoms with Crippen LogP contribution in [0.15, 0.2) is 54.9 Å². The molecule has 0 spiro atoms. The molecule has 1 aromatic heterocycles. The van der Waals surface area contributed by atoms with Gasteiger partial charge < -0.3 is 5.32 Å². The summed E-state index contributed by atoms with van der Waals surface area (Å²) in [5.74, 6) is -0.583. The first-order chi connectivity index (χ1) is 12.6. The van der Waals surface area contributed by atoms with Gasteiger partial charge in [0, 0.05) is 23.9 Å². The van der Waals surface area contributed by atoms with Gasteiger partial charge in [-0.05, 0) is 45.8 Å². The number of nitrogens with zero attached hydrogens (tertiary/aromatic N) is 4. The summed E-state index contributed by atoms with van der Waals surface area (Å²) in [7, 11) is 0. The highest BCUT2D eigenvalue weighted by Gasteiger charge is 2.17. The maximum absolute atomic E-state index is 13.2. The van der Waals surface area contributed by atoms with E-state index >= 15 is 0 Å². The van der Waals surface area contributed by atoms with Gasteiger partial charge in [-0.1, -0.05) is 35.9 Å². The lowest BCUT2D eigenvalue weighted by atomic mass is 9.95. The van der Waals surface area contributed by atoms with Gasteiger partial charge in [0.05, 0.1) is 6.54 Å². The Labute approximate surface area is 155 Å². The zero-order chi connectivity index (χ0) is 18.4. The highest BCUT2D eigenvalue weighted by Crippen LogP contribution is 2.23. The van der Waals surface area contributed by atoms with Gasteiger partial charge in [0.1, 0.15) is 12.1 Å². The van der Waals surface area contributed by atoms with Crippen LogP contribution >= 0.6 is 11.6 Å². The maximum Gasteiger partial charge on any atom is 0.220 e. The number of amides is 1. The molecule has 1 N–H and O–H groups in total. The van der Waals surface area contributed by atoms with Crippen molar-refractivity contribution in [3.05, 3.63) is 76.8 Å². The van der Waals surface area contributed by atoms with Crippen molar-refractivity contribution in [3.63, 3.8) is 0 Å². The van der Waals surface area contributed by atoms with Crippen LogP contribution in [-0.4, -0.2) is 26.1 Å². The van der Waals surface area contributed by atoms with Crippen molar-refractivity contribution in [1.29, 1.82) is 0 Å². The Bertz CT molecular complexity index is 854. The van der Waals surface area contributed by atoms with Crippen LogP contribution in [0.25, 0.3) is 0 Å². The Balaban J connectivity index is 1.66. The molecule has 0 fully saturated rings. The van der Waals surface area contributed by atoms with E-state index in [4.69, 9.17) is 11.6 Å². The molecule has 0 aliphatic heterocycles. The topological polar surface area (TPSA) is 72.7 Å². The molecule has 8 heteroatoms. The van der Waals surface area contributed by atoms with Crippen LogP contribution in [0.3, 0.4) is 0 Å². The normalized spacial score (nSPS) is 11.9. The minimum atomic E-state index is -0.325. The second kappa shape index (κ2) is 8.53. The zero-order valence-corrected chi connectivity index (χ0v) is 14.6. The highest BCUT2D eigenvalue weighted by molar-refractivity contribution is 6.30. The van der Waals surface area contributed by atoms with Crippen molar-refractivity contribution in [2.45, 2.75) is 25.4 Å². The molecular formula is C18H17ClFN5O. The average Bonchev–Trinajstić information content (AvgIpc) is 3.13. The minimum Gasteiger partial charge on any atom is -0.352 e. The Morgan fingerprint density at radius 2 is 2.04 bits per heavy atom. The van der Waals surface area contributed by atoms with E-state index in [1.54, 1.807) is 28.9 Å². The summed E-state index contributed by atoms with van der Waals surface area (Å²) in [6, 6.07) is 13.5. The van der Waals surface area contributed by atoms with Gasteiger partial charge in [0.2, 0.25) is 5.91 Å². The minimum absolute atomic E-state index is 0.122. The predicted molar refractivity (Wildman–Crippen MR) is 94.9 cm³/mol. The van der Waals surface area contributed by atoms with Crippen molar-refractivity contribution in [2.75, 3.05) is 0 Å². The smallest absolute Gasteiger partial charge is 0.220 e. The fraction of sp³-hybridized carbons (Fsp3) is 0.222. The number of hydrogen-bond acceptors (Lipinski definition) is 4. The van der Waals surface area contributed by atoms with Crippen molar-refractivity contribution in [2.24, 2.45) is 0 Å². The Morgan fingerprint density at radius 1 is 1.23 bits per heavy atom. The molecule has 26 heavy (non-hydrogen) atoms. The summed E-state index contributed by atoms with van der Waals surface area (Å²) in [5.41, 5.74) is 1.67. The SMILES string of the molecule is O=C(CC(Cn1cnnn1)c1ccc(Cl)cc1)NCc1cccc(F)c1. The second-order valence-electron chi connectivity index (χ2n) is 5.89. The molecule has 134 valence electrons. The molecule has 1 atom stereocenters. The van der Waals surface area contributed by atoms with E-state index in [1.807, 2.05) is 12.1 Å². The van der Waals surface area contributed by atoms with Crippen LogP contribution in [-0.2, 0) is 17.9 Å². The zero-order valence-electron chi connectivity index (χ0n) is 13.8. The lowest BCUT2D eigenvalue weighted by Gasteiger charge is -2.17. The molecule has 0 saturated heterocycles.